The fourth-order valence-corrected chi connectivity index (χ4v) is 1.51. The molecule has 0 heterocycles. The Morgan fingerprint density at radius 1 is 1.33 bits per heavy atom. The van der Waals surface area contributed by atoms with Crippen molar-refractivity contribution in [3.05, 3.63) is 34.9 Å². The van der Waals surface area contributed by atoms with Crippen LogP contribution in [-0.2, 0) is 6.54 Å². The van der Waals surface area contributed by atoms with Crippen molar-refractivity contribution in [3.63, 3.8) is 0 Å². The van der Waals surface area contributed by atoms with Crippen LogP contribution in [0.15, 0.2) is 18.2 Å². The summed E-state index contributed by atoms with van der Waals surface area (Å²) in [7, 11) is 0. The molecule has 0 saturated carbocycles. The second kappa shape index (κ2) is 6.21. The van der Waals surface area contributed by atoms with Crippen LogP contribution < -0.4 is 5.32 Å². The second-order valence-electron chi connectivity index (χ2n) is 3.87. The average Bonchev–Trinajstić information content (AvgIpc) is 2.23. The van der Waals surface area contributed by atoms with Crippen molar-refractivity contribution in [2.24, 2.45) is 0 Å². The number of nitriles is 1. The van der Waals surface area contributed by atoms with Crippen molar-refractivity contribution < 1.29 is 0 Å². The summed E-state index contributed by atoms with van der Waals surface area (Å²) in [5.74, 6) is 0. The van der Waals surface area contributed by atoms with E-state index in [1.807, 2.05) is 0 Å². The van der Waals surface area contributed by atoms with E-state index in [0.29, 0.717) is 6.42 Å². The summed E-state index contributed by atoms with van der Waals surface area (Å²) in [4.78, 5) is 0. The second-order valence-corrected chi connectivity index (χ2v) is 3.87. The van der Waals surface area contributed by atoms with Gasteiger partial charge in [-0.1, -0.05) is 23.8 Å². The first-order valence-electron chi connectivity index (χ1n) is 5.38. The Balaban J connectivity index is 2.37. The molecule has 15 heavy (non-hydrogen) atoms. The van der Waals surface area contributed by atoms with Crippen LogP contribution in [0.2, 0.25) is 0 Å². The quantitative estimate of drug-likeness (QED) is 0.745. The Morgan fingerprint density at radius 3 is 2.87 bits per heavy atom. The molecule has 0 spiro atoms. The van der Waals surface area contributed by atoms with Gasteiger partial charge in [0.15, 0.2) is 0 Å². The third-order valence-electron chi connectivity index (χ3n) is 2.46. The van der Waals surface area contributed by atoms with Crippen molar-refractivity contribution in [2.75, 3.05) is 6.54 Å². The van der Waals surface area contributed by atoms with Gasteiger partial charge in [-0.15, -0.1) is 0 Å². The number of hydrogen-bond acceptors (Lipinski definition) is 2. The zero-order valence-corrected chi connectivity index (χ0v) is 9.51. The topological polar surface area (TPSA) is 35.8 Å². The van der Waals surface area contributed by atoms with Crippen molar-refractivity contribution in [2.45, 2.75) is 33.2 Å². The van der Waals surface area contributed by atoms with E-state index < -0.39 is 0 Å². The van der Waals surface area contributed by atoms with Crippen molar-refractivity contribution in [3.8, 4) is 6.07 Å². The summed E-state index contributed by atoms with van der Waals surface area (Å²) >= 11 is 0. The molecule has 0 aromatic heterocycles. The van der Waals surface area contributed by atoms with Gasteiger partial charge in [-0.2, -0.15) is 5.26 Å². The number of rotatable bonds is 5. The third-order valence-corrected chi connectivity index (χ3v) is 2.46. The van der Waals surface area contributed by atoms with Gasteiger partial charge in [0.25, 0.3) is 0 Å². The summed E-state index contributed by atoms with van der Waals surface area (Å²) < 4.78 is 0. The highest BCUT2D eigenvalue weighted by Crippen LogP contribution is 2.09. The van der Waals surface area contributed by atoms with Gasteiger partial charge >= 0.3 is 0 Å². The molecule has 0 aliphatic heterocycles. The molecule has 0 bridgehead atoms. The van der Waals surface area contributed by atoms with E-state index in [9.17, 15) is 0 Å². The Kier molecular flexibility index (Phi) is 4.86. The average molecular weight is 202 g/mol. The number of aryl methyl sites for hydroxylation is 2. The zero-order valence-electron chi connectivity index (χ0n) is 9.51. The summed E-state index contributed by atoms with van der Waals surface area (Å²) in [5, 5.41) is 11.7. The van der Waals surface area contributed by atoms with Crippen LogP contribution in [0.1, 0.15) is 29.5 Å². The Morgan fingerprint density at radius 2 is 2.13 bits per heavy atom. The van der Waals surface area contributed by atoms with E-state index in [2.05, 4.69) is 43.4 Å². The van der Waals surface area contributed by atoms with Crippen LogP contribution in [0.25, 0.3) is 0 Å². The lowest BCUT2D eigenvalue weighted by Gasteiger charge is -2.08. The predicted octanol–water partition coefficient (Wildman–Crippen LogP) is 2.70. The molecule has 1 rings (SSSR count). The largest absolute Gasteiger partial charge is 0.313 e. The minimum absolute atomic E-state index is 0.639. The zero-order chi connectivity index (χ0) is 11.1. The summed E-state index contributed by atoms with van der Waals surface area (Å²) in [6, 6.07) is 8.65. The van der Waals surface area contributed by atoms with E-state index in [0.717, 1.165) is 19.5 Å². The minimum atomic E-state index is 0.639. The molecule has 0 unspecified atom stereocenters. The maximum absolute atomic E-state index is 8.39. The molecule has 0 radical (unpaired) electrons. The molecule has 2 nitrogen and oxygen atoms in total. The first kappa shape index (κ1) is 11.7. The smallest absolute Gasteiger partial charge is 0.0622 e. The van der Waals surface area contributed by atoms with Gasteiger partial charge in [-0.25, -0.2) is 0 Å². The van der Waals surface area contributed by atoms with Crippen molar-refractivity contribution >= 4 is 0 Å². The highest BCUT2D eigenvalue weighted by atomic mass is 14.8. The fraction of sp³-hybridized carbons (Fsp3) is 0.462. The van der Waals surface area contributed by atoms with Crippen LogP contribution in [0.3, 0.4) is 0 Å². The number of hydrogen-bond donors (Lipinski definition) is 1. The van der Waals surface area contributed by atoms with Gasteiger partial charge in [-0.05, 0) is 37.9 Å². The monoisotopic (exact) mass is 202 g/mol. The van der Waals surface area contributed by atoms with E-state index in [-0.39, 0.29) is 0 Å². The molecule has 0 fully saturated rings. The summed E-state index contributed by atoms with van der Waals surface area (Å²) in [6.45, 7) is 6.06. The van der Waals surface area contributed by atoms with Crippen LogP contribution in [0.5, 0.6) is 0 Å². The lowest BCUT2D eigenvalue weighted by molar-refractivity contribution is 0.655. The van der Waals surface area contributed by atoms with Gasteiger partial charge in [0, 0.05) is 13.0 Å². The van der Waals surface area contributed by atoms with Gasteiger partial charge in [0.2, 0.25) is 0 Å². The molecule has 1 aromatic carbocycles. The van der Waals surface area contributed by atoms with Crippen LogP contribution in [0.4, 0.5) is 0 Å². The van der Waals surface area contributed by atoms with E-state index >= 15 is 0 Å². The number of nitrogens with one attached hydrogen (secondary N) is 1. The molecule has 0 aliphatic carbocycles. The lowest BCUT2D eigenvalue weighted by Crippen LogP contribution is -2.15. The first-order valence-corrected chi connectivity index (χ1v) is 5.38. The maximum Gasteiger partial charge on any atom is 0.0622 e. The van der Waals surface area contributed by atoms with Crippen LogP contribution in [0, 0.1) is 25.2 Å². The molecule has 1 N–H and O–H groups in total. The Labute approximate surface area is 91.9 Å². The Hall–Kier alpha value is -1.33. The van der Waals surface area contributed by atoms with Gasteiger partial charge in [0.1, 0.15) is 0 Å². The molecule has 80 valence electrons. The SMILES string of the molecule is Cc1ccc(C)c(CNCCCC#N)c1. The number of unbranched alkanes of at least 4 members (excludes halogenated alkanes) is 1. The fourth-order valence-electron chi connectivity index (χ4n) is 1.51. The first-order chi connectivity index (χ1) is 7.24. The molecule has 2 heteroatoms. The van der Waals surface area contributed by atoms with E-state index in [1.165, 1.54) is 16.7 Å². The molecule has 0 aliphatic rings. The molecular weight excluding hydrogens is 184 g/mol. The summed E-state index contributed by atoms with van der Waals surface area (Å²) in [6.07, 6.45) is 1.57. The highest BCUT2D eigenvalue weighted by Gasteiger charge is 1.97. The molecule has 0 amide bonds. The summed E-state index contributed by atoms with van der Waals surface area (Å²) in [5.41, 5.74) is 3.98. The highest BCUT2D eigenvalue weighted by molar-refractivity contribution is 5.30. The van der Waals surface area contributed by atoms with Crippen LogP contribution in [-0.4, -0.2) is 6.54 Å². The molecule has 0 saturated heterocycles. The van der Waals surface area contributed by atoms with Gasteiger partial charge in [-0.3, -0.25) is 0 Å². The van der Waals surface area contributed by atoms with Gasteiger partial charge in [0.05, 0.1) is 6.07 Å². The minimum Gasteiger partial charge on any atom is -0.313 e. The maximum atomic E-state index is 8.39. The van der Waals surface area contributed by atoms with Crippen molar-refractivity contribution in [1.29, 1.82) is 5.26 Å². The molecular formula is C13H18N2. The number of nitrogens with zero attached hydrogens (tertiary/aromatic N) is 1. The Bertz CT molecular complexity index is 350. The standard InChI is InChI=1S/C13H18N2/c1-11-5-6-12(2)13(9-11)10-15-8-4-3-7-14/h5-6,9,15H,3-4,8,10H2,1-2H3. The normalized spacial score (nSPS) is 9.93. The third kappa shape index (κ3) is 4.14. The van der Waals surface area contributed by atoms with Crippen LogP contribution >= 0.6 is 0 Å². The predicted molar refractivity (Wildman–Crippen MR) is 62.5 cm³/mol. The van der Waals surface area contributed by atoms with E-state index in [4.69, 9.17) is 5.26 Å². The van der Waals surface area contributed by atoms with Gasteiger partial charge < -0.3 is 5.32 Å². The lowest BCUT2D eigenvalue weighted by atomic mass is 10.1. The molecule has 1 aromatic rings. The number of benzene rings is 1. The van der Waals surface area contributed by atoms with Crippen molar-refractivity contribution in [1.82, 2.24) is 5.32 Å². The van der Waals surface area contributed by atoms with E-state index in [1.54, 1.807) is 0 Å². The molecule has 0 atom stereocenters.